The minimum Gasteiger partial charge on any atom is -0.325 e. The van der Waals surface area contributed by atoms with E-state index in [0.717, 1.165) is 10.0 Å². The standard InChI is InChI=1S/C21H19BrN2O3S/c22-17-10-7-11-18(15-17)23-21(25)20(14-16-8-3-1-4-9-16)24-28(26,27)19-12-5-2-6-13-19/h1-13,15,20,24H,14H2,(H,23,25)/t20-/m0/s1. The van der Waals surface area contributed by atoms with E-state index in [1.165, 1.54) is 12.1 Å². The van der Waals surface area contributed by atoms with Crippen molar-refractivity contribution in [3.05, 3.63) is 95.0 Å². The van der Waals surface area contributed by atoms with Crippen LogP contribution in [-0.2, 0) is 21.2 Å². The Morgan fingerprint density at radius 2 is 1.54 bits per heavy atom. The van der Waals surface area contributed by atoms with Crippen LogP contribution in [0.4, 0.5) is 5.69 Å². The molecule has 2 N–H and O–H groups in total. The van der Waals surface area contributed by atoms with Gasteiger partial charge in [-0.15, -0.1) is 0 Å². The third kappa shape index (κ3) is 5.51. The van der Waals surface area contributed by atoms with E-state index in [9.17, 15) is 13.2 Å². The number of halogens is 1. The lowest BCUT2D eigenvalue weighted by Crippen LogP contribution is -2.45. The van der Waals surface area contributed by atoms with Crippen LogP contribution in [0.3, 0.4) is 0 Å². The molecule has 3 aromatic rings. The molecule has 0 radical (unpaired) electrons. The Bertz CT molecular complexity index is 1040. The Morgan fingerprint density at radius 3 is 2.18 bits per heavy atom. The molecular weight excluding hydrogens is 440 g/mol. The summed E-state index contributed by atoms with van der Waals surface area (Å²) in [6.45, 7) is 0. The van der Waals surface area contributed by atoms with Crippen molar-refractivity contribution in [1.29, 1.82) is 0 Å². The van der Waals surface area contributed by atoms with Gasteiger partial charge in [-0.1, -0.05) is 70.5 Å². The number of hydrogen-bond acceptors (Lipinski definition) is 3. The number of benzene rings is 3. The Hall–Kier alpha value is -2.48. The molecule has 5 nitrogen and oxygen atoms in total. The van der Waals surface area contributed by atoms with E-state index in [-0.39, 0.29) is 11.3 Å². The molecule has 0 aliphatic rings. The second kappa shape index (κ2) is 9.14. The summed E-state index contributed by atoms with van der Waals surface area (Å²) in [6.07, 6.45) is 0.229. The van der Waals surface area contributed by atoms with Gasteiger partial charge in [0, 0.05) is 10.2 Å². The van der Waals surface area contributed by atoms with Crippen molar-refractivity contribution in [3.63, 3.8) is 0 Å². The molecule has 0 unspecified atom stereocenters. The highest BCUT2D eigenvalue weighted by molar-refractivity contribution is 9.10. The van der Waals surface area contributed by atoms with Crippen molar-refractivity contribution >= 4 is 37.5 Å². The zero-order chi connectivity index (χ0) is 20.0. The van der Waals surface area contributed by atoms with E-state index in [1.807, 2.05) is 36.4 Å². The molecule has 1 atom stereocenters. The van der Waals surface area contributed by atoms with Gasteiger partial charge in [0.15, 0.2) is 0 Å². The molecule has 0 saturated carbocycles. The number of amides is 1. The number of anilines is 1. The van der Waals surface area contributed by atoms with Gasteiger partial charge in [-0.3, -0.25) is 4.79 Å². The Kier molecular flexibility index (Phi) is 6.61. The summed E-state index contributed by atoms with van der Waals surface area (Å²) in [7, 11) is -3.85. The average molecular weight is 459 g/mol. The molecule has 3 rings (SSSR count). The molecule has 0 fully saturated rings. The number of rotatable bonds is 7. The first-order valence-electron chi connectivity index (χ1n) is 8.62. The predicted octanol–water partition coefficient (Wildman–Crippen LogP) is 3.98. The average Bonchev–Trinajstić information content (AvgIpc) is 2.69. The Balaban J connectivity index is 1.85. The number of carbonyl (C=O) groups excluding carboxylic acids is 1. The molecule has 0 heterocycles. The predicted molar refractivity (Wildman–Crippen MR) is 113 cm³/mol. The van der Waals surface area contributed by atoms with Crippen LogP contribution in [0, 0.1) is 0 Å². The van der Waals surface area contributed by atoms with Crippen LogP contribution in [0.25, 0.3) is 0 Å². The molecule has 0 spiro atoms. The van der Waals surface area contributed by atoms with Gasteiger partial charge in [0.1, 0.15) is 6.04 Å². The number of nitrogens with one attached hydrogen (secondary N) is 2. The minimum absolute atomic E-state index is 0.114. The van der Waals surface area contributed by atoms with Gasteiger partial charge >= 0.3 is 0 Å². The van der Waals surface area contributed by atoms with Crippen molar-refractivity contribution in [1.82, 2.24) is 4.72 Å². The maximum atomic E-state index is 12.9. The summed E-state index contributed by atoms with van der Waals surface area (Å²) in [5.74, 6) is -0.429. The maximum Gasteiger partial charge on any atom is 0.242 e. The third-order valence-electron chi connectivity index (χ3n) is 4.04. The lowest BCUT2D eigenvalue weighted by molar-refractivity contribution is -0.117. The highest BCUT2D eigenvalue weighted by Gasteiger charge is 2.26. The zero-order valence-corrected chi connectivity index (χ0v) is 17.3. The monoisotopic (exact) mass is 458 g/mol. The lowest BCUT2D eigenvalue weighted by Gasteiger charge is -2.19. The fraction of sp³-hybridized carbons (Fsp3) is 0.0952. The van der Waals surface area contributed by atoms with Gasteiger partial charge < -0.3 is 5.32 Å². The van der Waals surface area contributed by atoms with Crippen LogP contribution in [0.5, 0.6) is 0 Å². The van der Waals surface area contributed by atoms with Crippen molar-refractivity contribution in [2.24, 2.45) is 0 Å². The quantitative estimate of drug-likeness (QED) is 0.562. The van der Waals surface area contributed by atoms with Crippen LogP contribution in [0.1, 0.15) is 5.56 Å². The van der Waals surface area contributed by atoms with Gasteiger partial charge in [0.05, 0.1) is 4.90 Å². The third-order valence-corrected chi connectivity index (χ3v) is 6.02. The second-order valence-corrected chi connectivity index (χ2v) is 8.81. The molecule has 0 aliphatic heterocycles. The minimum atomic E-state index is -3.85. The molecule has 0 aromatic heterocycles. The summed E-state index contributed by atoms with van der Waals surface area (Å²) in [5.41, 5.74) is 1.43. The first-order valence-corrected chi connectivity index (χ1v) is 10.9. The van der Waals surface area contributed by atoms with Gasteiger partial charge in [-0.25, -0.2) is 8.42 Å². The van der Waals surface area contributed by atoms with E-state index in [0.29, 0.717) is 5.69 Å². The molecule has 0 aliphatic carbocycles. The van der Waals surface area contributed by atoms with E-state index in [2.05, 4.69) is 26.0 Å². The molecule has 0 saturated heterocycles. The fourth-order valence-electron chi connectivity index (χ4n) is 2.69. The van der Waals surface area contributed by atoms with Crippen LogP contribution in [-0.4, -0.2) is 20.4 Å². The van der Waals surface area contributed by atoms with E-state index >= 15 is 0 Å². The SMILES string of the molecule is O=C(Nc1cccc(Br)c1)[C@H](Cc1ccccc1)NS(=O)(=O)c1ccccc1. The highest BCUT2D eigenvalue weighted by atomic mass is 79.9. The number of sulfonamides is 1. The van der Waals surface area contributed by atoms with Gasteiger partial charge in [-0.2, -0.15) is 4.72 Å². The smallest absolute Gasteiger partial charge is 0.242 e. The topological polar surface area (TPSA) is 75.3 Å². The summed E-state index contributed by atoms with van der Waals surface area (Å²) in [4.78, 5) is 13.0. The van der Waals surface area contributed by atoms with Gasteiger partial charge in [0.2, 0.25) is 15.9 Å². The van der Waals surface area contributed by atoms with Crippen molar-refractivity contribution < 1.29 is 13.2 Å². The molecular formula is C21H19BrN2O3S. The van der Waals surface area contributed by atoms with Crippen molar-refractivity contribution in [3.8, 4) is 0 Å². The van der Waals surface area contributed by atoms with Crippen LogP contribution in [0.2, 0.25) is 0 Å². The number of hydrogen-bond donors (Lipinski definition) is 2. The van der Waals surface area contributed by atoms with E-state index < -0.39 is 22.0 Å². The summed E-state index contributed by atoms with van der Waals surface area (Å²) in [6, 6.07) is 23.5. The first-order chi connectivity index (χ1) is 13.4. The first kappa shape index (κ1) is 20.3. The van der Waals surface area contributed by atoms with Gasteiger partial charge in [0.25, 0.3) is 0 Å². The molecule has 28 heavy (non-hydrogen) atoms. The van der Waals surface area contributed by atoms with E-state index in [1.54, 1.807) is 36.4 Å². The normalized spacial score (nSPS) is 12.3. The number of carbonyl (C=O) groups is 1. The van der Waals surface area contributed by atoms with Crippen molar-refractivity contribution in [2.75, 3.05) is 5.32 Å². The Morgan fingerprint density at radius 1 is 0.893 bits per heavy atom. The van der Waals surface area contributed by atoms with E-state index in [4.69, 9.17) is 0 Å². The van der Waals surface area contributed by atoms with Crippen molar-refractivity contribution in [2.45, 2.75) is 17.4 Å². The second-order valence-electron chi connectivity index (χ2n) is 6.18. The highest BCUT2D eigenvalue weighted by Crippen LogP contribution is 2.17. The fourth-order valence-corrected chi connectivity index (χ4v) is 4.30. The Labute approximate surface area is 173 Å². The van der Waals surface area contributed by atoms with Crippen LogP contribution < -0.4 is 10.0 Å². The largest absolute Gasteiger partial charge is 0.325 e. The molecule has 144 valence electrons. The zero-order valence-electron chi connectivity index (χ0n) is 14.9. The van der Waals surface area contributed by atoms with Crippen LogP contribution in [0.15, 0.2) is 94.3 Å². The molecule has 3 aromatic carbocycles. The molecule has 1 amide bonds. The van der Waals surface area contributed by atoms with Crippen LogP contribution >= 0.6 is 15.9 Å². The summed E-state index contributed by atoms with van der Waals surface area (Å²) in [5, 5.41) is 2.78. The summed E-state index contributed by atoms with van der Waals surface area (Å²) >= 11 is 3.36. The maximum absolute atomic E-state index is 12.9. The lowest BCUT2D eigenvalue weighted by atomic mass is 10.1. The molecule has 7 heteroatoms. The van der Waals surface area contributed by atoms with Gasteiger partial charge in [-0.05, 0) is 42.3 Å². The summed E-state index contributed by atoms with van der Waals surface area (Å²) < 4.78 is 28.8. The molecule has 0 bridgehead atoms.